The van der Waals surface area contributed by atoms with Gasteiger partial charge in [-0.15, -0.1) is 0 Å². The molecule has 1 aliphatic heterocycles. The van der Waals surface area contributed by atoms with Gasteiger partial charge in [-0.2, -0.15) is 0 Å². The van der Waals surface area contributed by atoms with Crippen molar-refractivity contribution in [2.24, 2.45) is 7.05 Å². The van der Waals surface area contributed by atoms with Crippen molar-refractivity contribution in [2.75, 3.05) is 11.4 Å². The number of carbonyl (C=O) groups is 1. The van der Waals surface area contributed by atoms with Crippen molar-refractivity contribution in [3.05, 3.63) is 83.0 Å². The third-order valence-electron chi connectivity index (χ3n) is 4.64. The summed E-state index contributed by atoms with van der Waals surface area (Å²) < 4.78 is 2.11. The Morgan fingerprint density at radius 2 is 2.00 bits per heavy atom. The molecule has 0 bridgehead atoms. The number of pyridine rings is 1. The van der Waals surface area contributed by atoms with Crippen LogP contribution in [0.2, 0.25) is 0 Å². The maximum Gasteiger partial charge on any atom is 0.323 e. The monoisotopic (exact) mass is 343 g/mol. The van der Waals surface area contributed by atoms with E-state index in [4.69, 9.17) is 5.11 Å². The molecule has 1 aromatic heterocycles. The fourth-order valence-corrected chi connectivity index (χ4v) is 3.44. The summed E-state index contributed by atoms with van der Waals surface area (Å²) in [6, 6.07) is 16.4. The van der Waals surface area contributed by atoms with Crippen LogP contribution in [0.15, 0.2) is 67.0 Å². The number of allylic oxidation sites excluding steroid dienone is 1. The van der Waals surface area contributed by atoms with Crippen LogP contribution in [0.4, 0.5) is 5.69 Å². The van der Waals surface area contributed by atoms with Gasteiger partial charge in [0.25, 0.3) is 0 Å². The van der Waals surface area contributed by atoms with Crippen LogP contribution in [0.25, 0.3) is 23.1 Å². The molecule has 4 heteroatoms. The van der Waals surface area contributed by atoms with E-state index in [2.05, 4.69) is 41.0 Å². The van der Waals surface area contributed by atoms with Gasteiger partial charge in [0.2, 0.25) is 5.52 Å². The van der Waals surface area contributed by atoms with E-state index < -0.39 is 5.97 Å². The number of aromatic nitrogens is 1. The molecule has 2 heterocycles. The quantitative estimate of drug-likeness (QED) is 0.736. The van der Waals surface area contributed by atoms with Crippen molar-refractivity contribution in [3.63, 3.8) is 0 Å². The smallest absolute Gasteiger partial charge is 0.323 e. The molecule has 0 unspecified atom stereocenters. The first-order chi connectivity index (χ1) is 12.6. The van der Waals surface area contributed by atoms with E-state index in [1.807, 2.05) is 43.6 Å². The first-order valence-electron chi connectivity index (χ1n) is 8.48. The zero-order valence-electron chi connectivity index (χ0n) is 14.5. The number of nitrogens with zero attached hydrogens (tertiary/aromatic N) is 2. The molecule has 0 saturated carbocycles. The van der Waals surface area contributed by atoms with E-state index in [9.17, 15) is 4.79 Å². The molecule has 4 rings (SSSR count). The fraction of sp³-hybridized carbons (Fsp3) is 0.0909. The minimum absolute atomic E-state index is 0.0507. The maximum absolute atomic E-state index is 11.1. The molecule has 0 amide bonds. The van der Waals surface area contributed by atoms with Gasteiger partial charge < -0.3 is 10.0 Å². The highest BCUT2D eigenvalue weighted by molar-refractivity contribution is 5.86. The van der Waals surface area contributed by atoms with E-state index >= 15 is 0 Å². The SMILES string of the molecule is C[n+]1cccc2c(/C=c3\cccc4c3=CC=CN4CC(=O)O)cccc21. The van der Waals surface area contributed by atoms with Crippen molar-refractivity contribution in [2.45, 2.75) is 0 Å². The fourth-order valence-electron chi connectivity index (χ4n) is 3.44. The second-order valence-corrected chi connectivity index (χ2v) is 6.35. The molecule has 1 aliphatic rings. The van der Waals surface area contributed by atoms with Crippen LogP contribution in [0.1, 0.15) is 5.56 Å². The third kappa shape index (κ3) is 2.86. The van der Waals surface area contributed by atoms with E-state index in [0.717, 1.165) is 21.7 Å². The maximum atomic E-state index is 11.1. The molecular formula is C22H19N2O2+. The molecule has 0 spiro atoms. The third-order valence-corrected chi connectivity index (χ3v) is 4.64. The van der Waals surface area contributed by atoms with Crippen LogP contribution >= 0.6 is 0 Å². The highest BCUT2D eigenvalue weighted by atomic mass is 16.4. The Balaban J connectivity index is 1.93. The second kappa shape index (κ2) is 6.48. The number of rotatable bonds is 3. The molecule has 0 radical (unpaired) electrons. The van der Waals surface area contributed by atoms with Crippen LogP contribution < -0.4 is 19.9 Å². The number of aryl methyl sites for hydroxylation is 1. The van der Waals surface area contributed by atoms with E-state index in [0.29, 0.717) is 0 Å². The van der Waals surface area contributed by atoms with Crippen LogP contribution in [0, 0.1) is 0 Å². The summed E-state index contributed by atoms with van der Waals surface area (Å²) in [6.45, 7) is -0.0507. The van der Waals surface area contributed by atoms with Gasteiger partial charge in [0.05, 0.1) is 5.39 Å². The first kappa shape index (κ1) is 16.1. The highest BCUT2D eigenvalue weighted by Crippen LogP contribution is 2.16. The zero-order chi connectivity index (χ0) is 18.1. The molecule has 0 aliphatic carbocycles. The van der Waals surface area contributed by atoms with Crippen molar-refractivity contribution in [3.8, 4) is 0 Å². The molecule has 3 aromatic rings. The number of carboxylic acids is 1. The lowest BCUT2D eigenvalue weighted by Gasteiger charge is -2.21. The Kier molecular flexibility index (Phi) is 4.01. The normalized spacial score (nSPS) is 13.6. The average molecular weight is 343 g/mol. The highest BCUT2D eigenvalue weighted by Gasteiger charge is 2.12. The Morgan fingerprint density at radius 3 is 2.85 bits per heavy atom. The van der Waals surface area contributed by atoms with Crippen molar-refractivity contribution in [1.82, 2.24) is 0 Å². The number of hydrogen-bond acceptors (Lipinski definition) is 2. The first-order valence-corrected chi connectivity index (χ1v) is 8.48. The number of fused-ring (bicyclic) bond motifs is 2. The molecular weight excluding hydrogens is 324 g/mol. The summed E-state index contributed by atoms with van der Waals surface area (Å²) in [6.07, 6.45) is 9.93. The van der Waals surface area contributed by atoms with Crippen LogP contribution in [0.3, 0.4) is 0 Å². The average Bonchev–Trinajstić information content (AvgIpc) is 2.63. The predicted molar refractivity (Wildman–Crippen MR) is 103 cm³/mol. The molecule has 0 atom stereocenters. The predicted octanol–water partition coefficient (Wildman–Crippen LogP) is 1.69. The summed E-state index contributed by atoms with van der Waals surface area (Å²) in [5, 5.41) is 12.4. The molecule has 4 nitrogen and oxygen atoms in total. The lowest BCUT2D eigenvalue weighted by atomic mass is 10.0. The van der Waals surface area contributed by atoms with Gasteiger partial charge >= 0.3 is 5.97 Å². The topological polar surface area (TPSA) is 44.4 Å². The summed E-state index contributed by atoms with van der Waals surface area (Å²) in [4.78, 5) is 12.9. The zero-order valence-corrected chi connectivity index (χ0v) is 14.5. The molecule has 128 valence electrons. The number of benzene rings is 2. The van der Waals surface area contributed by atoms with Crippen LogP contribution in [0.5, 0.6) is 0 Å². The lowest BCUT2D eigenvalue weighted by Crippen LogP contribution is -2.36. The minimum Gasteiger partial charge on any atom is -0.480 e. The minimum atomic E-state index is -0.849. The molecule has 26 heavy (non-hydrogen) atoms. The van der Waals surface area contributed by atoms with E-state index in [1.54, 1.807) is 11.1 Å². The van der Waals surface area contributed by atoms with Crippen molar-refractivity contribution >= 4 is 34.7 Å². The Bertz CT molecular complexity index is 1160. The van der Waals surface area contributed by atoms with E-state index in [-0.39, 0.29) is 6.54 Å². The van der Waals surface area contributed by atoms with Crippen molar-refractivity contribution < 1.29 is 14.5 Å². The number of aliphatic carboxylic acids is 1. The van der Waals surface area contributed by atoms with E-state index in [1.165, 1.54) is 10.9 Å². The largest absolute Gasteiger partial charge is 0.480 e. The summed E-state index contributed by atoms with van der Waals surface area (Å²) in [5.74, 6) is -0.849. The second-order valence-electron chi connectivity index (χ2n) is 6.35. The lowest BCUT2D eigenvalue weighted by molar-refractivity contribution is -0.644. The van der Waals surface area contributed by atoms with Gasteiger partial charge in [0, 0.05) is 29.2 Å². The number of anilines is 1. The molecule has 1 N–H and O–H groups in total. The summed E-state index contributed by atoms with van der Waals surface area (Å²) in [7, 11) is 2.04. The van der Waals surface area contributed by atoms with Crippen molar-refractivity contribution in [1.29, 1.82) is 0 Å². The van der Waals surface area contributed by atoms with Crippen LogP contribution in [-0.2, 0) is 11.8 Å². The Morgan fingerprint density at radius 1 is 1.15 bits per heavy atom. The van der Waals surface area contributed by atoms with Gasteiger partial charge in [0.15, 0.2) is 6.20 Å². The Hall–Kier alpha value is -3.40. The van der Waals surface area contributed by atoms with Crippen LogP contribution in [-0.4, -0.2) is 17.6 Å². The van der Waals surface area contributed by atoms with Gasteiger partial charge in [-0.05, 0) is 35.1 Å². The molecule has 0 fully saturated rings. The van der Waals surface area contributed by atoms with Gasteiger partial charge in [-0.1, -0.05) is 30.3 Å². The summed E-state index contributed by atoms with van der Waals surface area (Å²) >= 11 is 0. The summed E-state index contributed by atoms with van der Waals surface area (Å²) in [5.41, 5.74) is 3.22. The van der Waals surface area contributed by atoms with Gasteiger partial charge in [-0.3, -0.25) is 4.79 Å². The standard InChI is InChI=1S/C22H18N2O2/c1-23-12-4-8-18-16(6-2-10-20(18)23)14-17-7-3-11-21-19(17)9-5-13-24(21)15-22(25)26/h2-14H,15H2,1H3/p+1. The number of carboxylic acid groups (broad SMARTS) is 1. The number of hydrogen-bond donors (Lipinski definition) is 1. The molecule has 0 saturated heterocycles. The van der Waals surface area contributed by atoms with Gasteiger partial charge in [-0.25, -0.2) is 4.57 Å². The molecule has 2 aromatic carbocycles. The van der Waals surface area contributed by atoms with Gasteiger partial charge in [0.1, 0.15) is 13.6 Å². The Labute approximate surface area is 151 Å².